The average Bonchev–Trinajstić information content (AvgIpc) is 2.23. The number of nitrogens with two attached hydrogens (primary N) is 1. The van der Waals surface area contributed by atoms with Gasteiger partial charge >= 0.3 is 0 Å². The molecule has 2 N–H and O–H groups in total. The molecule has 0 aliphatic rings. The number of hydrogen-bond acceptors (Lipinski definition) is 3. The van der Waals surface area contributed by atoms with Gasteiger partial charge in [0.05, 0.1) is 13.7 Å². The first-order valence-corrected chi connectivity index (χ1v) is 4.77. The summed E-state index contributed by atoms with van der Waals surface area (Å²) in [5.41, 5.74) is 7.19. The maximum Gasteiger partial charge on any atom is 0.165 e. The number of methoxy groups -OCH3 is 2. The van der Waals surface area contributed by atoms with E-state index in [2.05, 4.69) is 0 Å². The zero-order chi connectivity index (χ0) is 11.3. The van der Waals surface area contributed by atoms with E-state index in [0.717, 1.165) is 11.1 Å². The smallest absolute Gasteiger partial charge is 0.165 e. The van der Waals surface area contributed by atoms with E-state index >= 15 is 0 Å². The van der Waals surface area contributed by atoms with Gasteiger partial charge in [0.15, 0.2) is 11.6 Å². The summed E-state index contributed by atoms with van der Waals surface area (Å²) < 4.78 is 23.5. The van der Waals surface area contributed by atoms with Crippen molar-refractivity contribution in [1.29, 1.82) is 0 Å². The van der Waals surface area contributed by atoms with Gasteiger partial charge in [-0.3, -0.25) is 0 Å². The number of benzene rings is 1. The first kappa shape index (κ1) is 11.9. The van der Waals surface area contributed by atoms with Crippen LogP contribution >= 0.6 is 0 Å². The largest absolute Gasteiger partial charge is 0.493 e. The Kier molecular flexibility index (Phi) is 4.52. The van der Waals surface area contributed by atoms with Gasteiger partial charge in [-0.2, -0.15) is 0 Å². The molecule has 0 aliphatic carbocycles. The van der Waals surface area contributed by atoms with Crippen molar-refractivity contribution in [2.24, 2.45) is 5.73 Å². The second kappa shape index (κ2) is 5.68. The van der Waals surface area contributed by atoms with Gasteiger partial charge in [0, 0.05) is 12.7 Å². The van der Waals surface area contributed by atoms with E-state index in [1.165, 1.54) is 13.2 Å². The van der Waals surface area contributed by atoms with Crippen molar-refractivity contribution >= 4 is 0 Å². The van der Waals surface area contributed by atoms with Crippen LogP contribution in [0.2, 0.25) is 0 Å². The van der Waals surface area contributed by atoms with Gasteiger partial charge in [0.1, 0.15) is 0 Å². The first-order chi connectivity index (χ1) is 7.24. The maximum absolute atomic E-state index is 13.4. The van der Waals surface area contributed by atoms with E-state index in [1.807, 2.05) is 0 Å². The van der Waals surface area contributed by atoms with Crippen LogP contribution in [0, 0.1) is 5.82 Å². The molecule has 0 saturated heterocycles. The quantitative estimate of drug-likeness (QED) is 0.805. The van der Waals surface area contributed by atoms with Crippen LogP contribution in [0.25, 0.3) is 0 Å². The normalized spacial score (nSPS) is 10.4. The molecule has 15 heavy (non-hydrogen) atoms. The third-order valence-corrected chi connectivity index (χ3v) is 2.21. The van der Waals surface area contributed by atoms with E-state index in [9.17, 15) is 4.39 Å². The molecule has 0 unspecified atom stereocenters. The molecule has 0 radical (unpaired) electrons. The SMILES string of the molecule is COCc1ccc(F)c(OC)c1CCN. The van der Waals surface area contributed by atoms with Crippen molar-refractivity contribution in [2.75, 3.05) is 20.8 Å². The summed E-state index contributed by atoms with van der Waals surface area (Å²) in [5, 5.41) is 0. The molecule has 1 rings (SSSR count). The van der Waals surface area contributed by atoms with Crippen LogP contribution < -0.4 is 10.5 Å². The highest BCUT2D eigenvalue weighted by Gasteiger charge is 2.13. The minimum Gasteiger partial charge on any atom is -0.493 e. The van der Waals surface area contributed by atoms with E-state index in [-0.39, 0.29) is 11.6 Å². The Balaban J connectivity index is 3.15. The van der Waals surface area contributed by atoms with Gasteiger partial charge in [0.25, 0.3) is 0 Å². The third kappa shape index (κ3) is 2.67. The molecule has 0 bridgehead atoms. The molecule has 1 aromatic carbocycles. The van der Waals surface area contributed by atoms with E-state index in [4.69, 9.17) is 15.2 Å². The Labute approximate surface area is 89.0 Å². The lowest BCUT2D eigenvalue weighted by Gasteiger charge is -2.13. The van der Waals surface area contributed by atoms with Crippen LogP contribution in [0.1, 0.15) is 11.1 Å². The Morgan fingerprint density at radius 3 is 2.60 bits per heavy atom. The summed E-state index contributed by atoms with van der Waals surface area (Å²) in [7, 11) is 3.05. The maximum atomic E-state index is 13.4. The monoisotopic (exact) mass is 213 g/mol. The molecule has 0 atom stereocenters. The molecule has 0 heterocycles. The van der Waals surface area contributed by atoms with Crippen molar-refractivity contribution in [3.05, 3.63) is 29.1 Å². The van der Waals surface area contributed by atoms with Crippen molar-refractivity contribution in [2.45, 2.75) is 13.0 Å². The number of rotatable bonds is 5. The van der Waals surface area contributed by atoms with Gasteiger partial charge in [0.2, 0.25) is 0 Å². The van der Waals surface area contributed by atoms with Crippen molar-refractivity contribution in [1.82, 2.24) is 0 Å². The lowest BCUT2D eigenvalue weighted by molar-refractivity contribution is 0.183. The van der Waals surface area contributed by atoms with Gasteiger partial charge in [-0.1, -0.05) is 6.07 Å². The summed E-state index contributed by atoms with van der Waals surface area (Å²) in [6.07, 6.45) is 0.583. The van der Waals surface area contributed by atoms with Gasteiger partial charge in [-0.25, -0.2) is 4.39 Å². The molecule has 0 amide bonds. The molecule has 4 heteroatoms. The highest BCUT2D eigenvalue weighted by molar-refractivity contribution is 5.41. The number of halogens is 1. The topological polar surface area (TPSA) is 44.5 Å². The zero-order valence-corrected chi connectivity index (χ0v) is 9.05. The van der Waals surface area contributed by atoms with Crippen molar-refractivity contribution < 1.29 is 13.9 Å². The van der Waals surface area contributed by atoms with Crippen molar-refractivity contribution in [3.63, 3.8) is 0 Å². The van der Waals surface area contributed by atoms with Gasteiger partial charge in [-0.05, 0) is 24.6 Å². The fourth-order valence-corrected chi connectivity index (χ4v) is 1.57. The molecular formula is C11H16FNO2. The van der Waals surface area contributed by atoms with Crippen LogP contribution in [0.15, 0.2) is 12.1 Å². The first-order valence-electron chi connectivity index (χ1n) is 4.77. The van der Waals surface area contributed by atoms with Crippen LogP contribution in [-0.4, -0.2) is 20.8 Å². The molecule has 0 aromatic heterocycles. The van der Waals surface area contributed by atoms with Crippen LogP contribution in [0.4, 0.5) is 4.39 Å². The minimum atomic E-state index is -0.360. The predicted octanol–water partition coefficient (Wildman–Crippen LogP) is 1.48. The summed E-state index contributed by atoms with van der Waals surface area (Å²) >= 11 is 0. The molecule has 0 fully saturated rings. The molecular weight excluding hydrogens is 197 g/mol. The number of ether oxygens (including phenoxy) is 2. The van der Waals surface area contributed by atoms with Crippen LogP contribution in [0.5, 0.6) is 5.75 Å². The highest BCUT2D eigenvalue weighted by Crippen LogP contribution is 2.26. The summed E-state index contributed by atoms with van der Waals surface area (Å²) in [5.74, 6) is -0.0872. The van der Waals surface area contributed by atoms with E-state index < -0.39 is 0 Å². The average molecular weight is 213 g/mol. The summed E-state index contributed by atoms with van der Waals surface area (Å²) in [4.78, 5) is 0. The Morgan fingerprint density at radius 2 is 2.07 bits per heavy atom. The highest BCUT2D eigenvalue weighted by atomic mass is 19.1. The second-order valence-electron chi connectivity index (χ2n) is 3.19. The van der Waals surface area contributed by atoms with Crippen molar-refractivity contribution in [3.8, 4) is 5.75 Å². The van der Waals surface area contributed by atoms with Crippen LogP contribution in [0.3, 0.4) is 0 Å². The molecule has 0 spiro atoms. The molecule has 0 saturated carbocycles. The minimum absolute atomic E-state index is 0.273. The number of hydrogen-bond donors (Lipinski definition) is 1. The molecule has 3 nitrogen and oxygen atoms in total. The fourth-order valence-electron chi connectivity index (χ4n) is 1.57. The van der Waals surface area contributed by atoms with Gasteiger partial charge < -0.3 is 15.2 Å². The molecule has 1 aromatic rings. The molecule has 84 valence electrons. The lowest BCUT2D eigenvalue weighted by Crippen LogP contribution is -2.08. The lowest BCUT2D eigenvalue weighted by atomic mass is 10.0. The van der Waals surface area contributed by atoms with Gasteiger partial charge in [-0.15, -0.1) is 0 Å². The van der Waals surface area contributed by atoms with E-state index in [1.54, 1.807) is 13.2 Å². The standard InChI is InChI=1S/C11H16FNO2/c1-14-7-8-3-4-10(12)11(15-2)9(8)5-6-13/h3-4H,5-7,13H2,1-2H3. The Morgan fingerprint density at radius 1 is 1.33 bits per heavy atom. The summed E-state index contributed by atoms with van der Waals surface area (Å²) in [6.45, 7) is 0.891. The predicted molar refractivity (Wildman–Crippen MR) is 56.4 cm³/mol. The second-order valence-corrected chi connectivity index (χ2v) is 3.19. The summed E-state index contributed by atoms with van der Waals surface area (Å²) in [6, 6.07) is 3.08. The third-order valence-electron chi connectivity index (χ3n) is 2.21. The zero-order valence-electron chi connectivity index (χ0n) is 9.05. The van der Waals surface area contributed by atoms with E-state index in [0.29, 0.717) is 19.6 Å². The fraction of sp³-hybridized carbons (Fsp3) is 0.455. The van der Waals surface area contributed by atoms with Crippen LogP contribution in [-0.2, 0) is 17.8 Å². The Hall–Kier alpha value is -1.13. The Bertz CT molecular complexity index is 329. The molecule has 0 aliphatic heterocycles.